The average molecular weight is 246 g/mol. The van der Waals surface area contributed by atoms with Crippen molar-refractivity contribution < 1.29 is 5.11 Å². The van der Waals surface area contributed by atoms with Crippen molar-refractivity contribution in [2.45, 2.75) is 32.9 Å². The molecule has 0 aliphatic heterocycles. The molecule has 98 valence electrons. The molecule has 0 radical (unpaired) electrons. The lowest BCUT2D eigenvalue weighted by atomic mass is 10.0. The van der Waals surface area contributed by atoms with Gasteiger partial charge in [-0.15, -0.1) is 0 Å². The smallest absolute Gasteiger partial charge is 0.0454 e. The molecule has 0 bridgehead atoms. The molecular weight excluding hydrogens is 224 g/mol. The van der Waals surface area contributed by atoms with E-state index in [9.17, 15) is 0 Å². The first-order valence-corrected chi connectivity index (χ1v) is 6.61. The van der Waals surface area contributed by atoms with Crippen LogP contribution in [0.15, 0.2) is 30.5 Å². The van der Waals surface area contributed by atoms with Crippen LogP contribution in [0, 0.1) is 5.92 Å². The van der Waals surface area contributed by atoms with E-state index in [0.717, 1.165) is 13.0 Å². The Bertz CT molecular complexity index is 490. The molecule has 1 aromatic heterocycles. The third kappa shape index (κ3) is 3.12. The number of aromatic amines is 1. The molecule has 0 saturated heterocycles. The van der Waals surface area contributed by atoms with E-state index in [1.807, 2.05) is 6.20 Å². The van der Waals surface area contributed by atoms with Crippen molar-refractivity contribution in [2.75, 3.05) is 6.61 Å². The number of aromatic nitrogens is 1. The minimum atomic E-state index is 0.243. The van der Waals surface area contributed by atoms with Gasteiger partial charge in [0.2, 0.25) is 0 Å². The maximum atomic E-state index is 9.05. The second-order valence-corrected chi connectivity index (χ2v) is 5.14. The van der Waals surface area contributed by atoms with E-state index in [0.29, 0.717) is 12.0 Å². The van der Waals surface area contributed by atoms with Gasteiger partial charge in [0.15, 0.2) is 0 Å². The van der Waals surface area contributed by atoms with Crippen LogP contribution >= 0.6 is 0 Å². The molecule has 0 fully saturated rings. The lowest BCUT2D eigenvalue weighted by Crippen LogP contribution is -2.34. The lowest BCUT2D eigenvalue weighted by molar-refractivity contribution is 0.244. The second kappa shape index (κ2) is 6.03. The highest BCUT2D eigenvalue weighted by atomic mass is 16.3. The number of nitrogens with one attached hydrogen (secondary N) is 2. The standard InChI is InChI=1S/C15H22N2O/c1-11(2)14(6-8-18)17-10-12-3-4-15-13(9-12)5-7-16-15/h3-5,7,9,11,14,16-18H,6,8,10H2,1-2H3. The van der Waals surface area contributed by atoms with Crippen LogP contribution < -0.4 is 5.32 Å². The SMILES string of the molecule is CC(C)C(CCO)NCc1ccc2[nH]ccc2c1. The number of fused-ring (bicyclic) bond motifs is 1. The molecule has 0 amide bonds. The summed E-state index contributed by atoms with van der Waals surface area (Å²) >= 11 is 0. The van der Waals surface area contributed by atoms with Crippen LogP contribution in [-0.4, -0.2) is 22.7 Å². The van der Waals surface area contributed by atoms with Crippen molar-refractivity contribution in [1.29, 1.82) is 0 Å². The van der Waals surface area contributed by atoms with Crippen LogP contribution in [0.1, 0.15) is 25.8 Å². The van der Waals surface area contributed by atoms with E-state index in [-0.39, 0.29) is 6.61 Å². The van der Waals surface area contributed by atoms with Crippen LogP contribution in [0.25, 0.3) is 10.9 Å². The summed E-state index contributed by atoms with van der Waals surface area (Å²) in [5, 5.41) is 13.8. The predicted molar refractivity (Wildman–Crippen MR) is 75.5 cm³/mol. The van der Waals surface area contributed by atoms with E-state index in [2.05, 4.69) is 48.4 Å². The molecule has 1 heterocycles. The molecule has 1 unspecified atom stereocenters. The summed E-state index contributed by atoms with van der Waals surface area (Å²) in [5.74, 6) is 0.535. The number of H-pyrrole nitrogens is 1. The molecule has 0 aliphatic rings. The lowest BCUT2D eigenvalue weighted by Gasteiger charge is -2.21. The molecule has 3 N–H and O–H groups in total. The van der Waals surface area contributed by atoms with Crippen molar-refractivity contribution >= 4 is 10.9 Å². The molecule has 0 aliphatic carbocycles. The Balaban J connectivity index is 1.99. The van der Waals surface area contributed by atoms with Crippen molar-refractivity contribution in [3.8, 4) is 0 Å². The summed E-state index contributed by atoms with van der Waals surface area (Å²) in [4.78, 5) is 3.20. The topological polar surface area (TPSA) is 48.0 Å². The summed E-state index contributed by atoms with van der Waals surface area (Å²) in [6, 6.07) is 8.92. The number of aliphatic hydroxyl groups is 1. The molecule has 3 heteroatoms. The highest BCUT2D eigenvalue weighted by molar-refractivity contribution is 5.79. The quantitative estimate of drug-likeness (QED) is 0.734. The molecule has 0 saturated carbocycles. The third-order valence-corrected chi connectivity index (χ3v) is 3.43. The van der Waals surface area contributed by atoms with Crippen molar-refractivity contribution in [1.82, 2.24) is 10.3 Å². The molecule has 3 nitrogen and oxygen atoms in total. The highest BCUT2D eigenvalue weighted by Crippen LogP contribution is 2.15. The molecule has 1 atom stereocenters. The Morgan fingerprint density at radius 3 is 2.83 bits per heavy atom. The zero-order valence-corrected chi connectivity index (χ0v) is 11.1. The molecular formula is C15H22N2O. The number of benzene rings is 1. The minimum absolute atomic E-state index is 0.243. The molecule has 2 rings (SSSR count). The predicted octanol–water partition coefficient (Wildman–Crippen LogP) is 2.66. The maximum absolute atomic E-state index is 9.05. The Kier molecular flexibility index (Phi) is 4.39. The van der Waals surface area contributed by atoms with E-state index in [1.54, 1.807) is 0 Å². The fourth-order valence-electron chi connectivity index (χ4n) is 2.27. The Hall–Kier alpha value is -1.32. The maximum Gasteiger partial charge on any atom is 0.0454 e. The largest absolute Gasteiger partial charge is 0.396 e. The van der Waals surface area contributed by atoms with E-state index in [1.165, 1.54) is 16.5 Å². The van der Waals surface area contributed by atoms with Gasteiger partial charge in [0, 0.05) is 30.9 Å². The van der Waals surface area contributed by atoms with Crippen molar-refractivity contribution in [2.24, 2.45) is 5.92 Å². The van der Waals surface area contributed by atoms with Gasteiger partial charge in [0.05, 0.1) is 0 Å². The minimum Gasteiger partial charge on any atom is -0.396 e. The van der Waals surface area contributed by atoms with Crippen LogP contribution in [0.2, 0.25) is 0 Å². The van der Waals surface area contributed by atoms with Crippen molar-refractivity contribution in [3.05, 3.63) is 36.0 Å². The Morgan fingerprint density at radius 2 is 2.11 bits per heavy atom. The zero-order valence-electron chi connectivity index (χ0n) is 11.1. The van der Waals surface area contributed by atoms with Crippen LogP contribution in [0.5, 0.6) is 0 Å². The first-order valence-electron chi connectivity index (χ1n) is 6.61. The third-order valence-electron chi connectivity index (χ3n) is 3.43. The fourth-order valence-corrected chi connectivity index (χ4v) is 2.27. The van der Waals surface area contributed by atoms with Gasteiger partial charge in [-0.05, 0) is 41.5 Å². The van der Waals surface area contributed by atoms with Gasteiger partial charge in [-0.3, -0.25) is 0 Å². The molecule has 0 spiro atoms. The van der Waals surface area contributed by atoms with Gasteiger partial charge in [0.1, 0.15) is 0 Å². The molecule has 2 aromatic rings. The highest BCUT2D eigenvalue weighted by Gasteiger charge is 2.11. The number of hydrogen-bond donors (Lipinski definition) is 3. The molecule has 18 heavy (non-hydrogen) atoms. The Morgan fingerprint density at radius 1 is 1.28 bits per heavy atom. The fraction of sp³-hybridized carbons (Fsp3) is 0.467. The first kappa shape index (κ1) is 13.1. The van der Waals surface area contributed by atoms with E-state index in [4.69, 9.17) is 5.11 Å². The van der Waals surface area contributed by atoms with Gasteiger partial charge in [-0.1, -0.05) is 19.9 Å². The van der Waals surface area contributed by atoms with Gasteiger partial charge >= 0.3 is 0 Å². The summed E-state index contributed by atoms with van der Waals surface area (Å²) in [6.07, 6.45) is 2.77. The summed E-state index contributed by atoms with van der Waals surface area (Å²) in [7, 11) is 0. The Labute approximate surface area is 108 Å². The van der Waals surface area contributed by atoms with Crippen molar-refractivity contribution in [3.63, 3.8) is 0 Å². The average Bonchev–Trinajstić information content (AvgIpc) is 2.81. The van der Waals surface area contributed by atoms with E-state index < -0.39 is 0 Å². The number of hydrogen-bond acceptors (Lipinski definition) is 2. The first-order chi connectivity index (χ1) is 8.70. The van der Waals surface area contributed by atoms with Crippen LogP contribution in [-0.2, 0) is 6.54 Å². The summed E-state index contributed by atoms with van der Waals surface area (Å²) < 4.78 is 0. The summed E-state index contributed by atoms with van der Waals surface area (Å²) in [6.45, 7) is 5.46. The molecule has 1 aromatic carbocycles. The van der Waals surface area contributed by atoms with Crippen LogP contribution in [0.3, 0.4) is 0 Å². The van der Waals surface area contributed by atoms with Crippen LogP contribution in [0.4, 0.5) is 0 Å². The van der Waals surface area contributed by atoms with Gasteiger partial charge in [-0.2, -0.15) is 0 Å². The van der Waals surface area contributed by atoms with Gasteiger partial charge in [0.25, 0.3) is 0 Å². The number of aliphatic hydroxyl groups excluding tert-OH is 1. The normalized spacial score (nSPS) is 13.3. The van der Waals surface area contributed by atoms with Gasteiger partial charge < -0.3 is 15.4 Å². The van der Waals surface area contributed by atoms with E-state index >= 15 is 0 Å². The monoisotopic (exact) mass is 246 g/mol. The number of rotatable bonds is 6. The second-order valence-electron chi connectivity index (χ2n) is 5.14. The summed E-state index contributed by atoms with van der Waals surface area (Å²) in [5.41, 5.74) is 2.46. The zero-order chi connectivity index (χ0) is 13.0. The van der Waals surface area contributed by atoms with Gasteiger partial charge in [-0.25, -0.2) is 0 Å².